The molecule has 32 heavy (non-hydrogen) atoms. The van der Waals surface area contributed by atoms with E-state index in [1.165, 1.54) is 27.1 Å². The van der Waals surface area contributed by atoms with Crippen molar-refractivity contribution in [3.8, 4) is 0 Å². The molecule has 4 rings (SSSR count). The first kappa shape index (κ1) is 33.8. The Morgan fingerprint density at radius 2 is 0.656 bits per heavy atom. The van der Waals surface area contributed by atoms with Crippen molar-refractivity contribution in [1.29, 1.82) is 0 Å². The molecule has 7 heteroatoms. The molecule has 0 amide bonds. The zero-order valence-electron chi connectivity index (χ0n) is 16.6. The molecule has 0 spiro atoms. The maximum Gasteiger partial charge on any atom is 0.00115 e. The minimum absolute atomic E-state index is 0. The van der Waals surface area contributed by atoms with Crippen LogP contribution in [-0.2, 0) is 44.3 Å². The van der Waals surface area contributed by atoms with Crippen molar-refractivity contribution < 1.29 is 44.3 Å². The van der Waals surface area contributed by atoms with E-state index in [0.717, 1.165) is 0 Å². The summed E-state index contributed by atoms with van der Waals surface area (Å²) >= 11 is 0. The first-order valence-electron chi connectivity index (χ1n) is 8.17. The van der Waals surface area contributed by atoms with Crippen LogP contribution >= 0.6 is 7.92 Å². The van der Waals surface area contributed by atoms with Gasteiger partial charge in [0.2, 0.25) is 0 Å². The summed E-state index contributed by atoms with van der Waals surface area (Å²) in [6.07, 6.45) is 0. The Hall–Kier alpha value is -2.78. The van der Waals surface area contributed by atoms with Crippen molar-refractivity contribution in [1.82, 2.24) is 0 Å². The van der Waals surface area contributed by atoms with Gasteiger partial charge in [-0.2, -0.15) is 0 Å². The smallest absolute Gasteiger partial charge is 0.00115 e. The van der Waals surface area contributed by atoms with Gasteiger partial charge >= 0.3 is 56.5 Å². The summed E-state index contributed by atoms with van der Waals surface area (Å²) in [6.45, 7) is 22.5. The number of hydrogen-bond donors (Lipinski definition) is 0. The summed E-state index contributed by atoms with van der Waals surface area (Å²) in [7, 11) is -0.292. The van der Waals surface area contributed by atoms with Gasteiger partial charge in [0, 0.05) is 31.7 Å². The van der Waals surface area contributed by atoms with Gasteiger partial charge in [0.15, 0.2) is 0 Å². The molecule has 3 aromatic rings. The van der Waals surface area contributed by atoms with Crippen LogP contribution in [0, 0.1) is 33.3 Å². The Kier molecular flexibility index (Phi) is 24.2. The summed E-state index contributed by atoms with van der Waals surface area (Å²) in [4.78, 5) is 0. The van der Waals surface area contributed by atoms with Crippen LogP contribution in [0.2, 0.25) is 0 Å². The molecule has 0 radical (unpaired) electrons. The topological polar surface area (TPSA) is 99.5 Å². The zero-order valence-corrected chi connectivity index (χ0v) is 20.4. The van der Waals surface area contributed by atoms with Gasteiger partial charge in [-0.1, -0.05) is 91.0 Å². The molecule has 0 unspecified atom stereocenters. The average Bonchev–Trinajstić information content (AvgIpc) is 3.67. The van der Waals surface area contributed by atoms with Gasteiger partial charge in [0.05, 0.1) is 0 Å². The largest absolute Gasteiger partial charge is 0.0622 e. The summed E-state index contributed by atoms with van der Waals surface area (Å²) in [6, 6.07) is 32.5. The molecular formula is C25H15O5PW. The van der Waals surface area contributed by atoms with E-state index in [4.69, 9.17) is 23.3 Å². The quantitative estimate of drug-likeness (QED) is 0.223. The molecule has 1 aliphatic heterocycles. The Labute approximate surface area is 203 Å². The summed E-state index contributed by atoms with van der Waals surface area (Å²) in [5.74, 6) is 0. The Morgan fingerprint density at radius 1 is 0.406 bits per heavy atom. The predicted molar refractivity (Wildman–Crippen MR) is 112 cm³/mol. The van der Waals surface area contributed by atoms with Crippen molar-refractivity contribution in [2.45, 2.75) is 0 Å². The fourth-order valence-electron chi connectivity index (χ4n) is 2.72. The minimum atomic E-state index is -0.292. The number of rotatable bonds is 3. The van der Waals surface area contributed by atoms with Gasteiger partial charge < -0.3 is 0 Å². The van der Waals surface area contributed by atoms with E-state index in [-0.39, 0.29) is 29.0 Å². The van der Waals surface area contributed by atoms with Gasteiger partial charge in [-0.3, -0.25) is 0 Å². The van der Waals surface area contributed by atoms with Gasteiger partial charge in [-0.25, -0.2) is 0 Å². The molecular weight excluding hydrogens is 595 g/mol. The van der Waals surface area contributed by atoms with Crippen LogP contribution in [0.3, 0.4) is 0 Å². The summed E-state index contributed by atoms with van der Waals surface area (Å²) in [5.41, 5.74) is 2.73. The Balaban J connectivity index is -0.000000681. The SMILES string of the molecule is [C-]#[O+].[C-]#[O+].[C-]#[O+].[C-]#[O+].[C-]#[O+].[W].c1ccc(C2=C(c3ccccc3)P2c2ccccc2)cc1. The monoisotopic (exact) mass is 610 g/mol. The number of benzene rings is 3. The maximum atomic E-state index is 7.50. The van der Waals surface area contributed by atoms with E-state index in [1.807, 2.05) is 0 Å². The second-order valence-electron chi connectivity index (χ2n) is 5.10. The number of hydrogen-bond acceptors (Lipinski definition) is 0. The molecule has 156 valence electrons. The van der Waals surface area contributed by atoms with E-state index < -0.39 is 0 Å². The molecule has 0 N–H and O–H groups in total. The van der Waals surface area contributed by atoms with E-state index in [9.17, 15) is 0 Å². The van der Waals surface area contributed by atoms with Gasteiger partial charge in [-0.15, -0.1) is 0 Å². The normalized spacial score (nSPS) is 9.69. The van der Waals surface area contributed by atoms with E-state index in [1.54, 1.807) is 0 Å². The molecule has 0 aromatic heterocycles. The zero-order chi connectivity index (χ0) is 24.1. The van der Waals surface area contributed by atoms with Gasteiger partial charge in [-0.05, 0) is 24.4 Å². The second-order valence-corrected chi connectivity index (χ2v) is 7.18. The van der Waals surface area contributed by atoms with Gasteiger partial charge in [0.1, 0.15) is 0 Å². The standard InChI is InChI=1S/C20H15P.5CO.W/c1-4-10-16(11-5-1)19-20(17-12-6-2-7-13-17)21(19)18-14-8-3-9-15-18;5*1-2;/h1-15H;;;;;;. The van der Waals surface area contributed by atoms with Crippen LogP contribution in [0.25, 0.3) is 10.6 Å². The fourth-order valence-corrected chi connectivity index (χ4v) is 5.26. The third-order valence-corrected chi connectivity index (χ3v) is 6.18. The van der Waals surface area contributed by atoms with Crippen molar-refractivity contribution in [3.05, 3.63) is 135 Å². The molecule has 1 aliphatic rings. The first-order chi connectivity index (χ1) is 15.4. The molecule has 0 saturated carbocycles. The minimum Gasteiger partial charge on any atom is -0.0622 e. The van der Waals surface area contributed by atoms with Crippen molar-refractivity contribution in [2.24, 2.45) is 0 Å². The maximum absolute atomic E-state index is 7.50. The molecule has 5 nitrogen and oxygen atoms in total. The van der Waals surface area contributed by atoms with Crippen LogP contribution in [-0.4, -0.2) is 0 Å². The second kappa shape index (κ2) is 22.9. The van der Waals surface area contributed by atoms with Crippen molar-refractivity contribution >= 4 is 23.9 Å². The summed E-state index contributed by atoms with van der Waals surface area (Å²) < 4.78 is 37.5. The average molecular weight is 610 g/mol. The van der Waals surface area contributed by atoms with E-state index >= 15 is 0 Å². The van der Waals surface area contributed by atoms with Crippen LogP contribution < -0.4 is 5.30 Å². The molecule has 0 saturated heterocycles. The van der Waals surface area contributed by atoms with Crippen LogP contribution in [0.15, 0.2) is 91.0 Å². The molecule has 0 fully saturated rings. The van der Waals surface area contributed by atoms with Crippen molar-refractivity contribution in [2.75, 3.05) is 0 Å². The van der Waals surface area contributed by atoms with E-state index in [2.05, 4.69) is 124 Å². The third kappa shape index (κ3) is 10.0. The van der Waals surface area contributed by atoms with Crippen LogP contribution in [0.1, 0.15) is 11.1 Å². The molecule has 1 heterocycles. The summed E-state index contributed by atoms with van der Waals surface area (Å²) in [5, 5.41) is 4.51. The van der Waals surface area contributed by atoms with E-state index in [0.29, 0.717) is 0 Å². The Morgan fingerprint density at radius 3 is 0.938 bits per heavy atom. The van der Waals surface area contributed by atoms with Crippen LogP contribution in [0.4, 0.5) is 0 Å². The van der Waals surface area contributed by atoms with Crippen LogP contribution in [0.5, 0.6) is 0 Å². The first-order valence-corrected chi connectivity index (χ1v) is 9.52. The van der Waals surface area contributed by atoms with Gasteiger partial charge in [0.25, 0.3) is 0 Å². The molecule has 0 atom stereocenters. The third-order valence-electron chi connectivity index (χ3n) is 3.73. The molecule has 3 aromatic carbocycles. The predicted octanol–water partition coefficient (Wildman–Crippen LogP) is 5.14. The Bertz CT molecular complexity index is 924. The molecule has 0 bridgehead atoms. The molecule has 0 aliphatic carbocycles. The fraction of sp³-hybridized carbons (Fsp3) is 0. The van der Waals surface area contributed by atoms with Crippen molar-refractivity contribution in [3.63, 3.8) is 0 Å².